The minimum absolute atomic E-state index is 0.0754. The number of benzene rings is 1. The highest BCUT2D eigenvalue weighted by molar-refractivity contribution is 7.80. The molecule has 1 aromatic carbocycles. The van der Waals surface area contributed by atoms with Crippen molar-refractivity contribution in [2.24, 2.45) is 0 Å². The third kappa shape index (κ3) is 33.3. The Kier molecular flexibility index (Phi) is 41.5. The molecule has 416 valence electrons. The fourth-order valence-electron chi connectivity index (χ4n) is 9.94. The molecule has 11 heteroatoms. The first-order chi connectivity index (χ1) is 34.6. The molecule has 0 aromatic heterocycles. The van der Waals surface area contributed by atoms with Crippen molar-refractivity contribution in [2.75, 3.05) is 25.1 Å². The van der Waals surface area contributed by atoms with Crippen LogP contribution in [0.2, 0.25) is 0 Å². The molecule has 1 aliphatic heterocycles. The second-order valence-corrected chi connectivity index (χ2v) is 22.1. The number of ether oxygens (including phenoxy) is 3. The number of hydrogen-bond acceptors (Lipinski definition) is 10. The molecule has 0 unspecified atom stereocenters. The highest BCUT2D eigenvalue weighted by Gasteiger charge is 2.45. The molecule has 2 rings (SSSR count). The summed E-state index contributed by atoms with van der Waals surface area (Å²) in [5, 5.41) is 61.7. The SMILES string of the molecule is CCCCCCCCCCCCCCCCCCCCCCCCCCN[C@@H](CO[C@@H]1O[C@H](COC(=S)Nc2ccc(C(C)C)cc2)[C@H](O)[C@H](O)[C@H]1O)[C@H](O)[C@H](O)CCCCCCCCCCCCCC. The van der Waals surface area contributed by atoms with Crippen molar-refractivity contribution in [3.8, 4) is 0 Å². The Balaban J connectivity index is 1.71. The van der Waals surface area contributed by atoms with Crippen molar-refractivity contribution in [3.63, 3.8) is 0 Å². The zero-order valence-corrected chi connectivity index (χ0v) is 47.0. The molecule has 1 aromatic rings. The van der Waals surface area contributed by atoms with Gasteiger partial charge in [-0.2, -0.15) is 0 Å². The first-order valence-corrected chi connectivity index (χ1v) is 30.4. The molecule has 7 N–H and O–H groups in total. The Morgan fingerprint density at radius 2 is 0.944 bits per heavy atom. The first-order valence-electron chi connectivity index (χ1n) is 30.0. The van der Waals surface area contributed by atoms with Crippen LogP contribution in [0, 0.1) is 0 Å². The number of unbranched alkanes of at least 4 members (excludes halogenated alkanes) is 34. The van der Waals surface area contributed by atoms with Gasteiger partial charge in [-0.15, -0.1) is 0 Å². The zero-order valence-electron chi connectivity index (χ0n) is 46.2. The fourth-order valence-corrected chi connectivity index (χ4v) is 10.1. The lowest BCUT2D eigenvalue weighted by Crippen LogP contribution is -2.60. The molecular weight excluding hydrogens is 909 g/mol. The highest BCUT2D eigenvalue weighted by atomic mass is 32.1. The van der Waals surface area contributed by atoms with Crippen LogP contribution in [-0.4, -0.2) is 99.4 Å². The van der Waals surface area contributed by atoms with Crippen LogP contribution in [0.1, 0.15) is 277 Å². The van der Waals surface area contributed by atoms with E-state index in [2.05, 4.69) is 38.3 Å². The summed E-state index contributed by atoms with van der Waals surface area (Å²) < 4.78 is 17.7. The van der Waals surface area contributed by atoms with Gasteiger partial charge in [-0.25, -0.2) is 0 Å². The normalized spacial score (nSPS) is 19.5. The van der Waals surface area contributed by atoms with E-state index in [0.29, 0.717) is 18.9 Å². The van der Waals surface area contributed by atoms with Crippen molar-refractivity contribution < 1.29 is 39.7 Å². The summed E-state index contributed by atoms with van der Waals surface area (Å²) in [6.45, 7) is 9.17. The van der Waals surface area contributed by atoms with Crippen molar-refractivity contribution in [1.29, 1.82) is 0 Å². The predicted octanol–water partition coefficient (Wildman–Crippen LogP) is 14.5. The van der Waals surface area contributed by atoms with E-state index in [1.54, 1.807) is 0 Å². The Morgan fingerprint density at radius 3 is 1.35 bits per heavy atom. The Hall–Kier alpha value is -1.41. The summed E-state index contributed by atoms with van der Waals surface area (Å²) in [5.41, 5.74) is 1.95. The Bertz CT molecular complexity index is 1340. The van der Waals surface area contributed by atoms with E-state index in [1.807, 2.05) is 24.3 Å². The largest absolute Gasteiger partial charge is 0.468 e. The number of rotatable bonds is 48. The summed E-state index contributed by atoms with van der Waals surface area (Å²) >= 11 is 5.39. The van der Waals surface area contributed by atoms with Gasteiger partial charge in [0.2, 0.25) is 0 Å². The third-order valence-electron chi connectivity index (χ3n) is 14.9. The van der Waals surface area contributed by atoms with E-state index < -0.39 is 49.0 Å². The molecule has 0 amide bonds. The molecule has 1 aliphatic rings. The third-order valence-corrected chi connectivity index (χ3v) is 15.1. The van der Waals surface area contributed by atoms with Gasteiger partial charge in [-0.1, -0.05) is 265 Å². The van der Waals surface area contributed by atoms with Gasteiger partial charge in [-0.05, 0) is 55.2 Å². The average Bonchev–Trinajstić information content (AvgIpc) is 3.36. The van der Waals surface area contributed by atoms with Crippen LogP contribution < -0.4 is 10.6 Å². The predicted molar refractivity (Wildman–Crippen MR) is 301 cm³/mol. The van der Waals surface area contributed by atoms with E-state index in [1.165, 1.54) is 205 Å². The van der Waals surface area contributed by atoms with Gasteiger partial charge in [-0.3, -0.25) is 0 Å². The summed E-state index contributed by atoms with van der Waals surface area (Å²) in [6, 6.07) is 7.23. The maximum Gasteiger partial charge on any atom is 0.261 e. The van der Waals surface area contributed by atoms with Gasteiger partial charge in [0, 0.05) is 5.69 Å². The zero-order chi connectivity index (χ0) is 51.6. The standard InChI is InChI=1S/C60H112N2O8S/c1-5-7-9-11-13-15-17-19-20-21-22-23-24-25-26-27-28-29-30-32-34-36-38-40-46-61-52(55(64)53(63)41-39-37-35-33-31-18-16-14-12-10-8-6-2)47-68-59-58(67)57(66)56(65)54(70-59)48-69-60(71)62-51-44-42-50(43-45-51)49(3)4/h42-45,49,52-59,61,63-67H,5-41,46-48H2,1-4H3,(H,62,71)/t52-,53+,54+,55-,56-,57-,58+,59+/m0/s1. The minimum atomic E-state index is -1.56. The van der Waals surface area contributed by atoms with Crippen molar-refractivity contribution >= 4 is 23.1 Å². The van der Waals surface area contributed by atoms with Crippen LogP contribution in [0.5, 0.6) is 0 Å². The van der Waals surface area contributed by atoms with Crippen LogP contribution in [0.15, 0.2) is 24.3 Å². The molecule has 1 fully saturated rings. The summed E-state index contributed by atoms with van der Waals surface area (Å²) in [5.74, 6) is 0.399. The highest BCUT2D eigenvalue weighted by Crippen LogP contribution is 2.25. The number of aliphatic hydroxyl groups excluding tert-OH is 5. The van der Waals surface area contributed by atoms with E-state index in [9.17, 15) is 25.5 Å². The van der Waals surface area contributed by atoms with Crippen LogP contribution in [0.4, 0.5) is 5.69 Å². The lowest BCUT2D eigenvalue weighted by Gasteiger charge is -2.40. The van der Waals surface area contributed by atoms with Gasteiger partial charge in [0.05, 0.1) is 24.9 Å². The quantitative estimate of drug-likeness (QED) is 0.0247. The number of anilines is 1. The molecule has 10 nitrogen and oxygen atoms in total. The lowest BCUT2D eigenvalue weighted by atomic mass is 9.98. The summed E-state index contributed by atoms with van der Waals surface area (Å²) in [7, 11) is 0. The van der Waals surface area contributed by atoms with Gasteiger partial charge in [0.25, 0.3) is 5.17 Å². The van der Waals surface area contributed by atoms with E-state index in [0.717, 1.165) is 37.8 Å². The van der Waals surface area contributed by atoms with Gasteiger partial charge in [0.1, 0.15) is 31.0 Å². The maximum absolute atomic E-state index is 11.5. The minimum Gasteiger partial charge on any atom is -0.468 e. The van der Waals surface area contributed by atoms with E-state index in [4.69, 9.17) is 26.4 Å². The summed E-state index contributed by atoms with van der Waals surface area (Å²) in [6.07, 6.45) is 38.6. The molecule has 1 saturated heterocycles. The molecule has 0 saturated carbocycles. The van der Waals surface area contributed by atoms with Gasteiger partial charge < -0.3 is 50.4 Å². The fraction of sp³-hybridized carbons (Fsp3) is 0.883. The van der Waals surface area contributed by atoms with Crippen molar-refractivity contribution in [2.45, 2.75) is 320 Å². The molecule has 0 spiro atoms. The topological polar surface area (TPSA) is 153 Å². The number of thiocarbonyl (C=S) groups is 1. The molecule has 71 heavy (non-hydrogen) atoms. The summed E-state index contributed by atoms with van der Waals surface area (Å²) in [4.78, 5) is 0. The average molecular weight is 1020 g/mol. The molecule has 8 atom stereocenters. The smallest absolute Gasteiger partial charge is 0.261 e. The monoisotopic (exact) mass is 1020 g/mol. The molecule has 1 heterocycles. The van der Waals surface area contributed by atoms with Crippen LogP contribution in [0.25, 0.3) is 0 Å². The molecular formula is C60H112N2O8S. The first kappa shape index (κ1) is 65.7. The lowest BCUT2D eigenvalue weighted by molar-refractivity contribution is -0.302. The van der Waals surface area contributed by atoms with Crippen LogP contribution >= 0.6 is 12.2 Å². The Labute approximate surface area is 441 Å². The van der Waals surface area contributed by atoms with Crippen LogP contribution in [-0.2, 0) is 14.2 Å². The molecule has 0 aliphatic carbocycles. The number of nitrogens with one attached hydrogen (secondary N) is 2. The van der Waals surface area contributed by atoms with Crippen LogP contribution in [0.3, 0.4) is 0 Å². The molecule has 0 bridgehead atoms. The molecule has 0 radical (unpaired) electrons. The number of hydrogen-bond donors (Lipinski definition) is 7. The van der Waals surface area contributed by atoms with E-state index in [-0.39, 0.29) is 18.4 Å². The Morgan fingerprint density at radius 1 is 0.549 bits per heavy atom. The second kappa shape index (κ2) is 44.8. The van der Waals surface area contributed by atoms with Crippen molar-refractivity contribution in [1.82, 2.24) is 5.32 Å². The maximum atomic E-state index is 11.5. The second-order valence-electron chi connectivity index (χ2n) is 21.8. The van der Waals surface area contributed by atoms with E-state index >= 15 is 0 Å². The van der Waals surface area contributed by atoms with Gasteiger partial charge >= 0.3 is 0 Å². The number of aliphatic hydroxyl groups is 5. The van der Waals surface area contributed by atoms with Crippen molar-refractivity contribution in [3.05, 3.63) is 29.8 Å². The van der Waals surface area contributed by atoms with Gasteiger partial charge in [0.15, 0.2) is 6.29 Å².